The van der Waals surface area contributed by atoms with Crippen molar-refractivity contribution in [1.29, 1.82) is 0 Å². The van der Waals surface area contributed by atoms with Gasteiger partial charge in [0.25, 0.3) is 5.69 Å². The van der Waals surface area contributed by atoms with E-state index in [9.17, 15) is 10.1 Å². The average Bonchev–Trinajstić information content (AvgIpc) is 2.82. The summed E-state index contributed by atoms with van der Waals surface area (Å²) in [5.74, 6) is 1.19. The van der Waals surface area contributed by atoms with Crippen LogP contribution in [-0.4, -0.2) is 26.3 Å². The van der Waals surface area contributed by atoms with Gasteiger partial charge in [0.15, 0.2) is 5.82 Å². The molecule has 0 saturated heterocycles. The Morgan fingerprint density at radius 3 is 2.85 bits per heavy atom. The van der Waals surface area contributed by atoms with E-state index in [0.717, 1.165) is 5.82 Å². The first kappa shape index (κ1) is 13.8. The van der Waals surface area contributed by atoms with Crippen molar-refractivity contribution in [2.45, 2.75) is 13.5 Å². The van der Waals surface area contributed by atoms with E-state index >= 15 is 0 Å². The zero-order valence-corrected chi connectivity index (χ0v) is 11.2. The number of benzene rings is 1. The predicted molar refractivity (Wildman–Crippen MR) is 72.6 cm³/mol. The average molecular weight is 277 g/mol. The number of non-ortho nitro benzene ring substituents is 1. The number of nitro benzene ring substituents is 1. The van der Waals surface area contributed by atoms with Gasteiger partial charge in [0.1, 0.15) is 12.1 Å². The molecule has 106 valence electrons. The van der Waals surface area contributed by atoms with Crippen molar-refractivity contribution >= 4 is 11.4 Å². The molecule has 2 aromatic rings. The number of aryl methyl sites for hydroxylation is 1. The second kappa shape index (κ2) is 6.00. The fourth-order valence-electron chi connectivity index (χ4n) is 1.69. The number of nitrogens with one attached hydrogen (secondary N) is 1. The SMILES string of the molecule is CCOc1cc(NCc2nncn2C)cc([N+](=O)[O-])c1. The molecular weight excluding hydrogens is 262 g/mol. The van der Waals surface area contributed by atoms with Crippen LogP contribution in [0.1, 0.15) is 12.7 Å². The minimum Gasteiger partial charge on any atom is -0.494 e. The number of hydrogen-bond donors (Lipinski definition) is 1. The molecule has 8 nitrogen and oxygen atoms in total. The van der Waals surface area contributed by atoms with Crippen molar-refractivity contribution in [3.8, 4) is 5.75 Å². The van der Waals surface area contributed by atoms with Crippen molar-refractivity contribution in [3.63, 3.8) is 0 Å². The van der Waals surface area contributed by atoms with Crippen LogP contribution < -0.4 is 10.1 Å². The Bertz CT molecular complexity index is 611. The molecule has 1 aromatic carbocycles. The van der Waals surface area contributed by atoms with Crippen molar-refractivity contribution in [3.05, 3.63) is 40.5 Å². The van der Waals surface area contributed by atoms with Crippen LogP contribution >= 0.6 is 0 Å². The molecule has 0 saturated carbocycles. The molecule has 0 aliphatic carbocycles. The van der Waals surface area contributed by atoms with Crippen LogP contribution in [-0.2, 0) is 13.6 Å². The normalized spacial score (nSPS) is 10.3. The highest BCUT2D eigenvalue weighted by Crippen LogP contribution is 2.26. The molecule has 0 fully saturated rings. The van der Waals surface area contributed by atoms with Crippen molar-refractivity contribution in [2.75, 3.05) is 11.9 Å². The third kappa shape index (κ3) is 3.22. The predicted octanol–water partition coefficient (Wildman–Crippen LogP) is 1.73. The molecule has 20 heavy (non-hydrogen) atoms. The Morgan fingerprint density at radius 2 is 2.25 bits per heavy atom. The molecule has 0 amide bonds. The molecule has 0 aliphatic rings. The maximum atomic E-state index is 10.9. The zero-order valence-electron chi connectivity index (χ0n) is 11.2. The molecule has 0 atom stereocenters. The number of nitro groups is 1. The standard InChI is InChI=1S/C12H15N5O3/c1-3-20-11-5-9(4-10(6-11)17(18)19)13-7-12-15-14-8-16(12)2/h4-6,8,13H,3,7H2,1-2H3. The highest BCUT2D eigenvalue weighted by atomic mass is 16.6. The second-order valence-corrected chi connectivity index (χ2v) is 4.12. The van der Waals surface area contributed by atoms with Gasteiger partial charge in [-0.1, -0.05) is 0 Å². The third-order valence-electron chi connectivity index (χ3n) is 2.67. The zero-order chi connectivity index (χ0) is 14.5. The van der Waals surface area contributed by atoms with E-state index in [2.05, 4.69) is 15.5 Å². The highest BCUT2D eigenvalue weighted by molar-refractivity contribution is 5.56. The molecule has 0 bridgehead atoms. The summed E-state index contributed by atoms with van der Waals surface area (Å²) in [6.07, 6.45) is 1.59. The summed E-state index contributed by atoms with van der Waals surface area (Å²) in [4.78, 5) is 10.4. The number of rotatable bonds is 6. The van der Waals surface area contributed by atoms with Gasteiger partial charge in [-0.25, -0.2) is 0 Å². The highest BCUT2D eigenvalue weighted by Gasteiger charge is 2.11. The lowest BCUT2D eigenvalue weighted by Gasteiger charge is -2.09. The van der Waals surface area contributed by atoms with Crippen LogP contribution in [0, 0.1) is 10.1 Å². The lowest BCUT2D eigenvalue weighted by atomic mass is 10.2. The Hall–Kier alpha value is -2.64. The lowest BCUT2D eigenvalue weighted by Crippen LogP contribution is -2.06. The van der Waals surface area contributed by atoms with E-state index < -0.39 is 4.92 Å². The first-order valence-electron chi connectivity index (χ1n) is 6.09. The molecule has 0 radical (unpaired) electrons. The topological polar surface area (TPSA) is 95.1 Å². The molecule has 1 aromatic heterocycles. The Balaban J connectivity index is 2.17. The van der Waals surface area contributed by atoms with E-state index in [1.807, 2.05) is 14.0 Å². The fourth-order valence-corrected chi connectivity index (χ4v) is 1.69. The van der Waals surface area contributed by atoms with E-state index in [-0.39, 0.29) is 5.69 Å². The monoisotopic (exact) mass is 277 g/mol. The van der Waals surface area contributed by atoms with Crippen LogP contribution in [0.5, 0.6) is 5.75 Å². The van der Waals surface area contributed by atoms with Crippen molar-refractivity contribution < 1.29 is 9.66 Å². The second-order valence-electron chi connectivity index (χ2n) is 4.12. The first-order valence-corrected chi connectivity index (χ1v) is 6.09. The van der Waals surface area contributed by atoms with E-state index in [1.54, 1.807) is 17.0 Å². The Labute approximate surface area is 115 Å². The number of anilines is 1. The van der Waals surface area contributed by atoms with E-state index in [4.69, 9.17) is 4.74 Å². The van der Waals surface area contributed by atoms with E-state index in [0.29, 0.717) is 24.6 Å². The largest absolute Gasteiger partial charge is 0.494 e. The maximum absolute atomic E-state index is 10.9. The molecule has 1 N–H and O–H groups in total. The van der Waals surface area contributed by atoms with Gasteiger partial charge < -0.3 is 14.6 Å². The Kier molecular flexibility index (Phi) is 4.14. The van der Waals surface area contributed by atoms with Gasteiger partial charge in [0.2, 0.25) is 0 Å². The fraction of sp³-hybridized carbons (Fsp3) is 0.333. The number of hydrogen-bond acceptors (Lipinski definition) is 6. The first-order chi connectivity index (χ1) is 9.60. The van der Waals surface area contributed by atoms with Crippen molar-refractivity contribution in [1.82, 2.24) is 14.8 Å². The molecule has 8 heteroatoms. The van der Waals surface area contributed by atoms with Crippen LogP contribution in [0.3, 0.4) is 0 Å². The maximum Gasteiger partial charge on any atom is 0.275 e. The summed E-state index contributed by atoms with van der Waals surface area (Å²) in [7, 11) is 1.83. The van der Waals surface area contributed by atoms with Gasteiger partial charge in [-0.15, -0.1) is 10.2 Å². The summed E-state index contributed by atoms with van der Waals surface area (Å²) in [6.45, 7) is 2.69. The van der Waals surface area contributed by atoms with Crippen LogP contribution in [0.25, 0.3) is 0 Å². The number of nitrogens with zero attached hydrogens (tertiary/aromatic N) is 4. The molecule has 0 spiro atoms. The molecule has 0 unspecified atom stereocenters. The quantitative estimate of drug-likeness (QED) is 0.638. The van der Waals surface area contributed by atoms with Gasteiger partial charge in [-0.3, -0.25) is 10.1 Å². The van der Waals surface area contributed by atoms with E-state index in [1.165, 1.54) is 12.1 Å². The summed E-state index contributed by atoms with van der Waals surface area (Å²) in [6, 6.07) is 4.57. The smallest absolute Gasteiger partial charge is 0.275 e. The molecule has 2 rings (SSSR count). The minimum absolute atomic E-state index is 0.0172. The third-order valence-corrected chi connectivity index (χ3v) is 2.67. The summed E-state index contributed by atoms with van der Waals surface area (Å²) in [5.41, 5.74) is 0.585. The minimum atomic E-state index is -0.448. The molecule has 1 heterocycles. The van der Waals surface area contributed by atoms with Gasteiger partial charge >= 0.3 is 0 Å². The number of ether oxygens (including phenoxy) is 1. The number of aromatic nitrogens is 3. The van der Waals surface area contributed by atoms with Crippen LogP contribution in [0.4, 0.5) is 11.4 Å². The van der Waals surface area contributed by atoms with Gasteiger partial charge in [0, 0.05) is 24.9 Å². The van der Waals surface area contributed by atoms with Gasteiger partial charge in [-0.2, -0.15) is 0 Å². The van der Waals surface area contributed by atoms with Crippen LogP contribution in [0.2, 0.25) is 0 Å². The Morgan fingerprint density at radius 1 is 1.45 bits per heavy atom. The molecular formula is C12H15N5O3. The van der Waals surface area contributed by atoms with Gasteiger partial charge in [-0.05, 0) is 6.92 Å². The summed E-state index contributed by atoms with van der Waals surface area (Å²) >= 11 is 0. The molecule has 0 aliphatic heterocycles. The van der Waals surface area contributed by atoms with Crippen molar-refractivity contribution in [2.24, 2.45) is 7.05 Å². The summed E-state index contributed by atoms with van der Waals surface area (Å²) in [5, 5.41) is 21.7. The van der Waals surface area contributed by atoms with Gasteiger partial charge in [0.05, 0.1) is 24.1 Å². The van der Waals surface area contributed by atoms with Crippen LogP contribution in [0.15, 0.2) is 24.5 Å². The summed E-state index contributed by atoms with van der Waals surface area (Å²) < 4.78 is 7.09. The lowest BCUT2D eigenvalue weighted by molar-refractivity contribution is -0.384.